The monoisotopic (exact) mass is 420 g/mol. The highest BCUT2D eigenvalue weighted by Crippen LogP contribution is 2.33. The molecule has 0 saturated carbocycles. The van der Waals surface area contributed by atoms with E-state index in [-0.39, 0.29) is 10.8 Å². The second-order valence-corrected chi connectivity index (χ2v) is 9.20. The molecule has 0 radical (unpaired) electrons. The second kappa shape index (κ2) is 8.32. The van der Waals surface area contributed by atoms with E-state index in [2.05, 4.69) is 12.2 Å². The van der Waals surface area contributed by atoms with Crippen LogP contribution in [0.2, 0.25) is 0 Å². The summed E-state index contributed by atoms with van der Waals surface area (Å²) in [5, 5.41) is 2.92. The molecule has 1 amide bonds. The predicted octanol–water partition coefficient (Wildman–Crippen LogP) is 4.64. The molecule has 3 aromatic carbocycles. The fourth-order valence-electron chi connectivity index (χ4n) is 3.70. The summed E-state index contributed by atoms with van der Waals surface area (Å²) in [6.45, 7) is 2.52. The Kier molecular flexibility index (Phi) is 5.59. The Bertz CT molecular complexity index is 1160. The molecule has 0 atom stereocenters. The molecule has 5 nitrogen and oxygen atoms in total. The van der Waals surface area contributed by atoms with E-state index in [1.807, 2.05) is 30.3 Å². The highest BCUT2D eigenvalue weighted by atomic mass is 32.2. The molecule has 6 heteroatoms. The number of hydrogen-bond donors (Lipinski definition) is 1. The second-order valence-electron chi connectivity index (χ2n) is 7.34. The first-order valence-electron chi connectivity index (χ1n) is 10.1. The number of rotatable bonds is 5. The van der Waals surface area contributed by atoms with Crippen LogP contribution < -0.4 is 9.62 Å². The summed E-state index contributed by atoms with van der Waals surface area (Å²) in [6.07, 6.45) is 2.43. The molecule has 3 aromatic rings. The van der Waals surface area contributed by atoms with Gasteiger partial charge in [-0.15, -0.1) is 0 Å². The number of anilines is 2. The van der Waals surface area contributed by atoms with Crippen LogP contribution in [0.3, 0.4) is 0 Å². The van der Waals surface area contributed by atoms with Crippen molar-refractivity contribution in [2.24, 2.45) is 0 Å². The van der Waals surface area contributed by atoms with E-state index in [4.69, 9.17) is 0 Å². The van der Waals surface area contributed by atoms with Gasteiger partial charge < -0.3 is 5.32 Å². The zero-order valence-electron chi connectivity index (χ0n) is 16.8. The molecule has 1 heterocycles. The van der Waals surface area contributed by atoms with Crippen LogP contribution in [0, 0.1) is 0 Å². The molecule has 30 heavy (non-hydrogen) atoms. The van der Waals surface area contributed by atoms with Gasteiger partial charge in [0.25, 0.3) is 15.9 Å². The molecule has 0 saturated heterocycles. The Morgan fingerprint density at radius 2 is 1.73 bits per heavy atom. The topological polar surface area (TPSA) is 66.5 Å². The van der Waals surface area contributed by atoms with Crippen molar-refractivity contribution in [1.29, 1.82) is 0 Å². The fourth-order valence-corrected chi connectivity index (χ4v) is 5.27. The third-order valence-corrected chi connectivity index (χ3v) is 7.20. The number of fused-ring (bicyclic) bond motifs is 1. The quantitative estimate of drug-likeness (QED) is 0.654. The molecule has 0 aromatic heterocycles. The van der Waals surface area contributed by atoms with Crippen molar-refractivity contribution in [2.75, 3.05) is 16.2 Å². The van der Waals surface area contributed by atoms with Gasteiger partial charge in [0.05, 0.1) is 10.6 Å². The SMILES string of the molecule is CCc1ccc(C(=O)Nc2ccc3c(c2)CCCN3S(=O)(=O)c2ccccc2)cc1. The maximum atomic E-state index is 13.1. The number of carbonyl (C=O) groups is 1. The Morgan fingerprint density at radius 1 is 1.00 bits per heavy atom. The zero-order valence-corrected chi connectivity index (χ0v) is 17.7. The number of nitrogens with zero attached hydrogens (tertiary/aromatic N) is 1. The Hall–Kier alpha value is -3.12. The highest BCUT2D eigenvalue weighted by molar-refractivity contribution is 7.92. The number of nitrogens with one attached hydrogen (secondary N) is 1. The molecule has 0 fully saturated rings. The molecule has 1 N–H and O–H groups in total. The van der Waals surface area contributed by atoms with Crippen molar-refractivity contribution >= 4 is 27.3 Å². The van der Waals surface area contributed by atoms with Gasteiger partial charge in [0.2, 0.25) is 0 Å². The molecular weight excluding hydrogens is 396 g/mol. The van der Waals surface area contributed by atoms with Crippen LogP contribution >= 0.6 is 0 Å². The van der Waals surface area contributed by atoms with Gasteiger partial charge in [-0.3, -0.25) is 9.10 Å². The highest BCUT2D eigenvalue weighted by Gasteiger charge is 2.29. The minimum Gasteiger partial charge on any atom is -0.322 e. The summed E-state index contributed by atoms with van der Waals surface area (Å²) in [5.74, 6) is -0.179. The Labute approximate surface area is 177 Å². The van der Waals surface area contributed by atoms with E-state index in [1.54, 1.807) is 42.5 Å². The van der Waals surface area contributed by atoms with Gasteiger partial charge in [-0.1, -0.05) is 37.3 Å². The third-order valence-electron chi connectivity index (χ3n) is 5.37. The predicted molar refractivity (Wildman–Crippen MR) is 120 cm³/mol. The molecule has 0 bridgehead atoms. The summed E-state index contributed by atoms with van der Waals surface area (Å²) in [6, 6.07) is 21.4. The first-order valence-corrected chi connectivity index (χ1v) is 11.5. The van der Waals surface area contributed by atoms with Crippen molar-refractivity contribution in [3.8, 4) is 0 Å². The van der Waals surface area contributed by atoms with Crippen molar-refractivity contribution in [2.45, 2.75) is 31.1 Å². The number of sulfonamides is 1. The minimum absolute atomic E-state index is 0.179. The first-order chi connectivity index (χ1) is 14.5. The Morgan fingerprint density at radius 3 is 2.43 bits per heavy atom. The molecule has 0 spiro atoms. The molecule has 154 valence electrons. The lowest BCUT2D eigenvalue weighted by Crippen LogP contribution is -2.35. The molecule has 4 rings (SSSR count). The van der Waals surface area contributed by atoms with Gasteiger partial charge in [-0.05, 0) is 72.9 Å². The number of carbonyl (C=O) groups excluding carboxylic acids is 1. The lowest BCUT2D eigenvalue weighted by Gasteiger charge is -2.30. The number of aryl methyl sites for hydroxylation is 2. The van der Waals surface area contributed by atoms with Crippen molar-refractivity contribution in [1.82, 2.24) is 0 Å². The first kappa shape index (κ1) is 20.2. The summed E-state index contributed by atoms with van der Waals surface area (Å²) < 4.78 is 27.7. The number of amides is 1. The van der Waals surface area contributed by atoms with Crippen molar-refractivity contribution in [3.63, 3.8) is 0 Å². The molecule has 1 aliphatic heterocycles. The van der Waals surface area contributed by atoms with E-state index in [0.29, 0.717) is 23.5 Å². The van der Waals surface area contributed by atoms with Crippen molar-refractivity contribution in [3.05, 3.63) is 89.5 Å². The molecule has 0 aliphatic carbocycles. The van der Waals surface area contributed by atoms with Crippen LogP contribution in [-0.2, 0) is 22.9 Å². The maximum absolute atomic E-state index is 13.1. The summed E-state index contributed by atoms with van der Waals surface area (Å²) in [7, 11) is -3.62. The van der Waals surface area contributed by atoms with Crippen LogP contribution in [0.1, 0.15) is 34.8 Å². The van der Waals surface area contributed by atoms with Crippen LogP contribution in [-0.4, -0.2) is 20.9 Å². The lowest BCUT2D eigenvalue weighted by atomic mass is 10.0. The minimum atomic E-state index is -3.62. The maximum Gasteiger partial charge on any atom is 0.264 e. The van der Waals surface area contributed by atoms with Gasteiger partial charge in [-0.2, -0.15) is 0 Å². The van der Waals surface area contributed by atoms with Crippen LogP contribution in [0.15, 0.2) is 77.7 Å². The Balaban J connectivity index is 1.58. The van der Waals surface area contributed by atoms with Crippen molar-refractivity contribution < 1.29 is 13.2 Å². The van der Waals surface area contributed by atoms with Gasteiger partial charge >= 0.3 is 0 Å². The van der Waals surface area contributed by atoms with Crippen LogP contribution in [0.4, 0.5) is 11.4 Å². The normalized spacial score (nSPS) is 13.6. The van der Waals surface area contributed by atoms with Gasteiger partial charge in [0.1, 0.15) is 0 Å². The van der Waals surface area contributed by atoms with Gasteiger partial charge in [0.15, 0.2) is 0 Å². The summed E-state index contributed by atoms with van der Waals surface area (Å²) in [4.78, 5) is 12.9. The van der Waals surface area contributed by atoms with E-state index < -0.39 is 10.0 Å². The number of benzene rings is 3. The number of hydrogen-bond acceptors (Lipinski definition) is 3. The third kappa shape index (κ3) is 3.96. The fraction of sp³-hybridized carbons (Fsp3) is 0.208. The summed E-state index contributed by atoms with van der Waals surface area (Å²) in [5.41, 5.74) is 4.03. The average molecular weight is 421 g/mol. The zero-order chi connectivity index (χ0) is 21.1. The van der Waals surface area contributed by atoms with Gasteiger partial charge in [-0.25, -0.2) is 8.42 Å². The smallest absolute Gasteiger partial charge is 0.264 e. The molecular formula is C24H24N2O3S. The van der Waals surface area contributed by atoms with Gasteiger partial charge in [0, 0.05) is 17.8 Å². The molecule has 1 aliphatic rings. The average Bonchev–Trinajstić information content (AvgIpc) is 2.79. The largest absolute Gasteiger partial charge is 0.322 e. The van der Waals surface area contributed by atoms with E-state index in [9.17, 15) is 13.2 Å². The van der Waals surface area contributed by atoms with E-state index >= 15 is 0 Å². The van der Waals surface area contributed by atoms with E-state index in [0.717, 1.165) is 24.8 Å². The van der Waals surface area contributed by atoms with Crippen LogP contribution in [0.25, 0.3) is 0 Å². The lowest BCUT2D eigenvalue weighted by molar-refractivity contribution is 0.102. The van der Waals surface area contributed by atoms with Crippen LogP contribution in [0.5, 0.6) is 0 Å². The van der Waals surface area contributed by atoms with E-state index in [1.165, 1.54) is 9.87 Å². The summed E-state index contributed by atoms with van der Waals surface area (Å²) >= 11 is 0. The standard InChI is InChI=1S/C24H24N2O3S/c1-2-18-10-12-19(13-11-18)24(27)25-21-14-15-23-20(17-21)7-6-16-26(23)30(28,29)22-8-4-3-5-9-22/h3-5,8-15,17H,2,6-7,16H2,1H3,(H,25,27). The molecule has 0 unspecified atom stereocenters.